The second kappa shape index (κ2) is 9.64. The zero-order valence-corrected chi connectivity index (χ0v) is 20.3. The number of carbonyl (C=O) groups excluding carboxylic acids is 4. The number of fused-ring (bicyclic) bond motifs is 1. The monoisotopic (exact) mass is 509 g/mol. The van der Waals surface area contributed by atoms with Gasteiger partial charge in [-0.2, -0.15) is 0 Å². The Bertz CT molecular complexity index is 1460. The van der Waals surface area contributed by atoms with Gasteiger partial charge in [0.05, 0.1) is 12.0 Å². The standard InChI is InChI=1S/C30H23NO7/c1-17(32)19-12-14-20(15-13-19)31-28(35)24-23(16-11-18-7-3-2-4-8-18)38-30(25(24)29(36)37)26(33)21-9-5-6-10-22(21)27(30)34/h2-16,23-25H,1H3,(H,31,35)(H,36,37)/b16-11+. The Hall–Kier alpha value is -4.69. The van der Waals surface area contributed by atoms with E-state index >= 15 is 0 Å². The van der Waals surface area contributed by atoms with E-state index in [2.05, 4.69) is 5.32 Å². The molecule has 38 heavy (non-hydrogen) atoms. The summed E-state index contributed by atoms with van der Waals surface area (Å²) in [5.74, 6) is -7.12. The Labute approximate surface area is 217 Å². The van der Waals surface area contributed by atoms with Crippen molar-refractivity contribution >= 4 is 41.0 Å². The molecule has 3 aromatic rings. The predicted octanol–water partition coefficient (Wildman–Crippen LogP) is 4.07. The van der Waals surface area contributed by atoms with Gasteiger partial charge in [0.25, 0.3) is 0 Å². The summed E-state index contributed by atoms with van der Waals surface area (Å²) in [6, 6.07) is 21.2. The molecule has 0 saturated carbocycles. The average molecular weight is 510 g/mol. The number of Topliss-reactive ketones (excluding diaryl/α,β-unsaturated/α-hetero) is 3. The lowest BCUT2D eigenvalue weighted by atomic mass is 9.76. The Morgan fingerprint density at radius 2 is 1.45 bits per heavy atom. The van der Waals surface area contributed by atoms with Gasteiger partial charge in [-0.15, -0.1) is 0 Å². The number of carbonyl (C=O) groups is 5. The predicted molar refractivity (Wildman–Crippen MR) is 138 cm³/mol. The zero-order chi connectivity index (χ0) is 27.0. The molecule has 190 valence electrons. The fourth-order valence-electron chi connectivity index (χ4n) is 5.15. The Morgan fingerprint density at radius 3 is 2.00 bits per heavy atom. The fraction of sp³-hybridized carbons (Fsp3) is 0.167. The summed E-state index contributed by atoms with van der Waals surface area (Å²) >= 11 is 0. The molecule has 0 radical (unpaired) electrons. The molecule has 2 N–H and O–H groups in total. The molecular weight excluding hydrogens is 486 g/mol. The van der Waals surface area contributed by atoms with Crippen LogP contribution >= 0.6 is 0 Å². The number of ether oxygens (including phenoxy) is 1. The second-order valence-corrected chi connectivity index (χ2v) is 9.26. The van der Waals surface area contributed by atoms with E-state index in [1.807, 2.05) is 30.3 Å². The Kier molecular flexibility index (Phi) is 6.34. The van der Waals surface area contributed by atoms with E-state index in [-0.39, 0.29) is 16.9 Å². The van der Waals surface area contributed by atoms with Gasteiger partial charge in [0.1, 0.15) is 5.92 Å². The molecule has 1 aliphatic heterocycles. The lowest BCUT2D eigenvalue weighted by Gasteiger charge is -2.25. The van der Waals surface area contributed by atoms with E-state index in [0.29, 0.717) is 11.3 Å². The van der Waals surface area contributed by atoms with Gasteiger partial charge in [-0.05, 0) is 36.8 Å². The number of hydrogen-bond donors (Lipinski definition) is 2. The third-order valence-electron chi connectivity index (χ3n) is 6.97. The van der Waals surface area contributed by atoms with Crippen LogP contribution in [0.4, 0.5) is 5.69 Å². The normalized spacial score (nSPS) is 21.6. The number of carboxylic acids is 1. The van der Waals surface area contributed by atoms with Crippen LogP contribution in [0.25, 0.3) is 6.08 Å². The molecule has 3 unspecified atom stereocenters. The molecule has 1 heterocycles. The topological polar surface area (TPSA) is 127 Å². The number of carboxylic acid groups (broad SMARTS) is 1. The SMILES string of the molecule is CC(=O)c1ccc(NC(=O)C2C(/C=C/c3ccccc3)OC3(C(=O)c4ccccc4C3=O)C2C(=O)O)cc1. The Balaban J connectivity index is 1.57. The number of aliphatic carboxylic acids is 1. The van der Waals surface area contributed by atoms with Gasteiger partial charge in [0, 0.05) is 22.4 Å². The minimum atomic E-state index is -2.37. The number of benzene rings is 3. The van der Waals surface area contributed by atoms with Crippen molar-refractivity contribution in [1.82, 2.24) is 0 Å². The number of ketones is 3. The van der Waals surface area contributed by atoms with E-state index in [9.17, 15) is 29.1 Å². The summed E-state index contributed by atoms with van der Waals surface area (Å²) in [6.07, 6.45) is 1.96. The molecule has 0 bridgehead atoms. The Morgan fingerprint density at radius 1 is 0.868 bits per heavy atom. The fourth-order valence-corrected chi connectivity index (χ4v) is 5.15. The molecule has 1 fully saturated rings. The molecule has 5 rings (SSSR count). The third kappa shape index (κ3) is 4.05. The van der Waals surface area contributed by atoms with E-state index < -0.39 is 47.0 Å². The summed E-state index contributed by atoms with van der Waals surface area (Å²) in [6.45, 7) is 1.41. The average Bonchev–Trinajstić information content (AvgIpc) is 3.38. The highest BCUT2D eigenvalue weighted by molar-refractivity contribution is 6.34. The molecule has 1 saturated heterocycles. The molecule has 1 amide bonds. The first kappa shape index (κ1) is 25.0. The highest BCUT2D eigenvalue weighted by Gasteiger charge is 2.70. The summed E-state index contributed by atoms with van der Waals surface area (Å²) in [4.78, 5) is 65.1. The van der Waals surface area contributed by atoms with Crippen LogP contribution in [-0.2, 0) is 14.3 Å². The minimum Gasteiger partial charge on any atom is -0.481 e. The van der Waals surface area contributed by atoms with Gasteiger partial charge in [0.2, 0.25) is 23.1 Å². The van der Waals surface area contributed by atoms with E-state index in [1.54, 1.807) is 18.2 Å². The van der Waals surface area contributed by atoms with Crippen molar-refractivity contribution in [2.45, 2.75) is 18.6 Å². The van der Waals surface area contributed by atoms with Gasteiger partial charge in [-0.3, -0.25) is 24.0 Å². The third-order valence-corrected chi connectivity index (χ3v) is 6.97. The molecule has 1 spiro atoms. The molecule has 3 aromatic carbocycles. The molecule has 8 nitrogen and oxygen atoms in total. The van der Waals surface area contributed by atoms with Crippen LogP contribution < -0.4 is 5.32 Å². The van der Waals surface area contributed by atoms with Crippen molar-refractivity contribution in [2.24, 2.45) is 11.8 Å². The van der Waals surface area contributed by atoms with Crippen LogP contribution in [0, 0.1) is 11.8 Å². The summed E-state index contributed by atoms with van der Waals surface area (Å²) in [5.41, 5.74) is -0.718. The van der Waals surface area contributed by atoms with Gasteiger partial charge < -0.3 is 15.2 Å². The minimum absolute atomic E-state index is 0.0652. The van der Waals surface area contributed by atoms with Crippen molar-refractivity contribution in [3.8, 4) is 0 Å². The van der Waals surface area contributed by atoms with Crippen LogP contribution in [-0.4, -0.2) is 46.0 Å². The van der Waals surface area contributed by atoms with Gasteiger partial charge in [0.15, 0.2) is 5.78 Å². The quantitative estimate of drug-likeness (QED) is 0.379. The van der Waals surface area contributed by atoms with Gasteiger partial charge >= 0.3 is 5.97 Å². The molecule has 8 heteroatoms. The molecule has 0 aromatic heterocycles. The van der Waals surface area contributed by atoms with Crippen molar-refractivity contribution in [3.05, 3.63) is 107 Å². The van der Waals surface area contributed by atoms with Crippen LogP contribution in [0.15, 0.2) is 84.9 Å². The van der Waals surface area contributed by atoms with E-state index in [1.165, 1.54) is 49.4 Å². The molecular formula is C30H23NO7. The number of anilines is 1. The summed E-state index contributed by atoms with van der Waals surface area (Å²) < 4.78 is 6.06. The highest BCUT2D eigenvalue weighted by atomic mass is 16.5. The highest BCUT2D eigenvalue weighted by Crippen LogP contribution is 2.49. The lowest BCUT2D eigenvalue weighted by Crippen LogP contribution is -2.52. The molecule has 3 atom stereocenters. The maximum absolute atomic E-state index is 13.6. The van der Waals surface area contributed by atoms with Crippen molar-refractivity contribution < 1.29 is 33.8 Å². The number of hydrogen-bond acceptors (Lipinski definition) is 6. The lowest BCUT2D eigenvalue weighted by molar-refractivity contribution is -0.147. The largest absolute Gasteiger partial charge is 0.481 e. The van der Waals surface area contributed by atoms with Crippen LogP contribution in [0.2, 0.25) is 0 Å². The first-order chi connectivity index (χ1) is 18.2. The first-order valence-electron chi connectivity index (χ1n) is 12.0. The smallest absolute Gasteiger partial charge is 0.311 e. The number of amides is 1. The van der Waals surface area contributed by atoms with E-state index in [4.69, 9.17) is 4.74 Å². The summed E-state index contributed by atoms with van der Waals surface area (Å²) in [5, 5.41) is 13.0. The number of nitrogens with one attached hydrogen (secondary N) is 1. The maximum atomic E-state index is 13.6. The van der Waals surface area contributed by atoms with E-state index in [0.717, 1.165) is 5.56 Å². The van der Waals surface area contributed by atoms with Crippen LogP contribution in [0.3, 0.4) is 0 Å². The number of rotatable bonds is 6. The van der Waals surface area contributed by atoms with Crippen LogP contribution in [0.5, 0.6) is 0 Å². The van der Waals surface area contributed by atoms with Crippen molar-refractivity contribution in [2.75, 3.05) is 5.32 Å². The van der Waals surface area contributed by atoms with Gasteiger partial charge in [-0.1, -0.05) is 66.7 Å². The molecule has 1 aliphatic carbocycles. The van der Waals surface area contributed by atoms with Crippen molar-refractivity contribution in [3.63, 3.8) is 0 Å². The first-order valence-corrected chi connectivity index (χ1v) is 12.0. The molecule has 2 aliphatic rings. The van der Waals surface area contributed by atoms with Crippen LogP contribution in [0.1, 0.15) is 43.6 Å². The second-order valence-electron chi connectivity index (χ2n) is 9.26. The maximum Gasteiger partial charge on any atom is 0.311 e. The zero-order valence-electron chi connectivity index (χ0n) is 20.3. The van der Waals surface area contributed by atoms with Gasteiger partial charge in [-0.25, -0.2) is 0 Å². The summed E-state index contributed by atoms with van der Waals surface area (Å²) in [7, 11) is 0. The van der Waals surface area contributed by atoms with Crippen molar-refractivity contribution in [1.29, 1.82) is 0 Å².